The number of anilines is 1. The molecule has 14 heavy (non-hydrogen) atoms. The summed E-state index contributed by atoms with van der Waals surface area (Å²) in [4.78, 5) is 10.6. The molecule has 2 rings (SSSR count). The van der Waals surface area contributed by atoms with E-state index >= 15 is 0 Å². The first-order chi connectivity index (χ1) is 6.68. The van der Waals surface area contributed by atoms with Crippen molar-refractivity contribution in [2.24, 2.45) is 0 Å². The molecule has 0 fully saturated rings. The molecule has 1 atom stereocenters. The maximum absolute atomic E-state index is 10.6. The van der Waals surface area contributed by atoms with Crippen LogP contribution >= 0.6 is 0 Å². The lowest BCUT2D eigenvalue weighted by atomic mass is 9.94. The van der Waals surface area contributed by atoms with Gasteiger partial charge in [-0.3, -0.25) is 4.79 Å². The van der Waals surface area contributed by atoms with Gasteiger partial charge in [-0.15, -0.1) is 0 Å². The van der Waals surface area contributed by atoms with Gasteiger partial charge in [0.15, 0.2) is 0 Å². The lowest BCUT2D eigenvalue weighted by Crippen LogP contribution is -2.08. The molecule has 0 spiro atoms. The van der Waals surface area contributed by atoms with Crippen LogP contribution in [0.1, 0.15) is 23.5 Å². The van der Waals surface area contributed by atoms with Gasteiger partial charge >= 0.3 is 5.97 Å². The number of nitrogens with one attached hydrogen (secondary N) is 1. The topological polar surface area (TPSA) is 49.3 Å². The Hall–Kier alpha value is -1.51. The first-order valence-corrected chi connectivity index (χ1v) is 4.73. The summed E-state index contributed by atoms with van der Waals surface area (Å²) in [5.41, 5.74) is 3.45. The number of carbonyl (C=O) groups is 1. The van der Waals surface area contributed by atoms with Crippen molar-refractivity contribution >= 4 is 11.7 Å². The molecule has 0 saturated heterocycles. The maximum Gasteiger partial charge on any atom is 0.304 e. The molecule has 0 aliphatic carbocycles. The van der Waals surface area contributed by atoms with Crippen LogP contribution in [0, 0.1) is 6.92 Å². The summed E-state index contributed by atoms with van der Waals surface area (Å²) in [7, 11) is 0. The molecule has 1 unspecified atom stereocenters. The van der Waals surface area contributed by atoms with Gasteiger partial charge in [0.1, 0.15) is 0 Å². The molecule has 1 aromatic rings. The second-order valence-electron chi connectivity index (χ2n) is 3.71. The summed E-state index contributed by atoms with van der Waals surface area (Å²) in [6.07, 6.45) is 0.213. The van der Waals surface area contributed by atoms with E-state index in [-0.39, 0.29) is 12.3 Å². The van der Waals surface area contributed by atoms with Crippen molar-refractivity contribution in [3.63, 3.8) is 0 Å². The van der Waals surface area contributed by atoms with Gasteiger partial charge in [0.05, 0.1) is 6.42 Å². The van der Waals surface area contributed by atoms with Crippen molar-refractivity contribution < 1.29 is 9.90 Å². The van der Waals surface area contributed by atoms with Crippen LogP contribution in [-0.2, 0) is 4.79 Å². The first-order valence-electron chi connectivity index (χ1n) is 4.73. The van der Waals surface area contributed by atoms with E-state index in [0.29, 0.717) is 0 Å². The Morgan fingerprint density at radius 1 is 1.64 bits per heavy atom. The van der Waals surface area contributed by atoms with Crippen molar-refractivity contribution in [3.05, 3.63) is 29.3 Å². The molecule has 0 aromatic heterocycles. The number of carboxylic acid groups (broad SMARTS) is 1. The zero-order valence-corrected chi connectivity index (χ0v) is 8.08. The molecule has 0 amide bonds. The van der Waals surface area contributed by atoms with Gasteiger partial charge in [-0.2, -0.15) is 0 Å². The van der Waals surface area contributed by atoms with Gasteiger partial charge in [0.25, 0.3) is 0 Å². The Kier molecular flexibility index (Phi) is 2.15. The van der Waals surface area contributed by atoms with Crippen LogP contribution in [-0.4, -0.2) is 17.6 Å². The number of hydrogen-bond acceptors (Lipinski definition) is 2. The Bertz CT molecular complexity index is 374. The van der Waals surface area contributed by atoms with Crippen molar-refractivity contribution in [3.8, 4) is 0 Å². The van der Waals surface area contributed by atoms with Crippen molar-refractivity contribution in [1.29, 1.82) is 0 Å². The molecule has 1 aliphatic heterocycles. The molecular weight excluding hydrogens is 178 g/mol. The largest absolute Gasteiger partial charge is 0.481 e. The lowest BCUT2D eigenvalue weighted by molar-refractivity contribution is -0.137. The normalized spacial score (nSPS) is 18.8. The van der Waals surface area contributed by atoms with E-state index in [4.69, 9.17) is 5.11 Å². The first kappa shape index (κ1) is 9.06. The van der Waals surface area contributed by atoms with Crippen LogP contribution in [0.5, 0.6) is 0 Å². The highest BCUT2D eigenvalue weighted by molar-refractivity contribution is 5.71. The molecule has 2 N–H and O–H groups in total. The fourth-order valence-corrected chi connectivity index (χ4v) is 2.10. The Morgan fingerprint density at radius 2 is 2.43 bits per heavy atom. The minimum absolute atomic E-state index is 0.128. The fraction of sp³-hybridized carbons (Fsp3) is 0.364. The van der Waals surface area contributed by atoms with E-state index in [0.717, 1.165) is 12.2 Å². The van der Waals surface area contributed by atoms with Crippen LogP contribution < -0.4 is 5.32 Å². The molecule has 0 radical (unpaired) electrons. The Morgan fingerprint density at radius 3 is 3.14 bits per heavy atom. The van der Waals surface area contributed by atoms with E-state index in [1.54, 1.807) is 0 Å². The van der Waals surface area contributed by atoms with Gasteiger partial charge in [0.2, 0.25) is 0 Å². The van der Waals surface area contributed by atoms with Crippen molar-refractivity contribution in [2.45, 2.75) is 19.3 Å². The number of fused-ring (bicyclic) bond motifs is 1. The fourth-order valence-electron chi connectivity index (χ4n) is 2.10. The van der Waals surface area contributed by atoms with Crippen LogP contribution in [0.3, 0.4) is 0 Å². The highest BCUT2D eigenvalue weighted by Gasteiger charge is 2.25. The van der Waals surface area contributed by atoms with Crippen LogP contribution in [0.15, 0.2) is 18.2 Å². The highest BCUT2D eigenvalue weighted by atomic mass is 16.4. The smallest absolute Gasteiger partial charge is 0.304 e. The summed E-state index contributed by atoms with van der Waals surface area (Å²) in [6, 6.07) is 6.02. The number of rotatable bonds is 2. The summed E-state index contributed by atoms with van der Waals surface area (Å²) in [5.74, 6) is -0.600. The number of carboxylic acids is 1. The van der Waals surface area contributed by atoms with Crippen LogP contribution in [0.4, 0.5) is 5.69 Å². The summed E-state index contributed by atoms with van der Waals surface area (Å²) in [5, 5.41) is 12.0. The summed E-state index contributed by atoms with van der Waals surface area (Å²) < 4.78 is 0. The number of benzene rings is 1. The molecule has 0 saturated carbocycles. The van der Waals surface area contributed by atoms with Gasteiger partial charge in [0, 0.05) is 18.2 Å². The average molecular weight is 191 g/mol. The Labute approximate surface area is 82.8 Å². The summed E-state index contributed by atoms with van der Waals surface area (Å²) in [6.45, 7) is 2.77. The number of aryl methyl sites for hydroxylation is 1. The predicted molar refractivity (Wildman–Crippen MR) is 54.7 cm³/mol. The zero-order chi connectivity index (χ0) is 10.1. The molecule has 3 heteroatoms. The average Bonchev–Trinajstić information content (AvgIpc) is 2.49. The molecule has 74 valence electrons. The molecule has 3 nitrogen and oxygen atoms in total. The second kappa shape index (κ2) is 3.33. The molecule has 0 bridgehead atoms. The lowest BCUT2D eigenvalue weighted by Gasteiger charge is -2.09. The van der Waals surface area contributed by atoms with Crippen molar-refractivity contribution in [1.82, 2.24) is 0 Å². The highest BCUT2D eigenvalue weighted by Crippen LogP contribution is 2.35. The molecule has 1 aliphatic rings. The quantitative estimate of drug-likeness (QED) is 0.751. The standard InChI is InChI=1S/C11H13NO2/c1-7-3-2-4-9-11(7)8(6-12-9)5-10(13)14/h2-4,8,12H,5-6H2,1H3,(H,13,14). The van der Waals surface area contributed by atoms with E-state index in [1.165, 1.54) is 11.1 Å². The minimum atomic E-state index is -0.729. The third-order valence-electron chi connectivity index (χ3n) is 2.69. The van der Waals surface area contributed by atoms with Crippen molar-refractivity contribution in [2.75, 3.05) is 11.9 Å². The second-order valence-corrected chi connectivity index (χ2v) is 3.71. The van der Waals surface area contributed by atoms with E-state index < -0.39 is 5.97 Å². The minimum Gasteiger partial charge on any atom is -0.481 e. The number of aliphatic carboxylic acids is 1. The maximum atomic E-state index is 10.6. The van der Waals surface area contributed by atoms with Crippen LogP contribution in [0.25, 0.3) is 0 Å². The third-order valence-corrected chi connectivity index (χ3v) is 2.69. The number of hydrogen-bond donors (Lipinski definition) is 2. The SMILES string of the molecule is Cc1cccc2c1C(CC(=O)O)CN2. The van der Waals surface area contributed by atoms with Gasteiger partial charge < -0.3 is 10.4 Å². The molecule has 1 heterocycles. The van der Waals surface area contributed by atoms with E-state index in [9.17, 15) is 4.79 Å². The Balaban J connectivity index is 2.33. The van der Waals surface area contributed by atoms with E-state index in [1.807, 2.05) is 25.1 Å². The monoisotopic (exact) mass is 191 g/mol. The van der Waals surface area contributed by atoms with Gasteiger partial charge in [-0.05, 0) is 24.1 Å². The zero-order valence-electron chi connectivity index (χ0n) is 8.08. The van der Waals surface area contributed by atoms with Crippen LogP contribution in [0.2, 0.25) is 0 Å². The van der Waals surface area contributed by atoms with Gasteiger partial charge in [-0.1, -0.05) is 12.1 Å². The third kappa shape index (κ3) is 1.45. The predicted octanol–water partition coefficient (Wildman–Crippen LogP) is 1.98. The van der Waals surface area contributed by atoms with E-state index in [2.05, 4.69) is 5.32 Å². The molecule has 1 aromatic carbocycles. The summed E-state index contributed by atoms with van der Waals surface area (Å²) >= 11 is 0. The molecular formula is C11H13NO2. The van der Waals surface area contributed by atoms with Gasteiger partial charge in [-0.25, -0.2) is 0 Å².